The van der Waals surface area contributed by atoms with E-state index in [-0.39, 0.29) is 24.2 Å². The fraction of sp³-hybridized carbons (Fsp3) is 0.344. The van der Waals surface area contributed by atoms with Gasteiger partial charge in [0.05, 0.1) is 28.6 Å². The van der Waals surface area contributed by atoms with Crippen molar-refractivity contribution >= 4 is 40.8 Å². The maximum atomic E-state index is 13.4. The van der Waals surface area contributed by atoms with Gasteiger partial charge in [0.25, 0.3) is 11.8 Å². The summed E-state index contributed by atoms with van der Waals surface area (Å²) in [7, 11) is 5.70. The van der Waals surface area contributed by atoms with Crippen LogP contribution in [0, 0.1) is 6.92 Å². The Morgan fingerprint density at radius 3 is 2.02 bits per heavy atom. The third-order valence-electron chi connectivity index (χ3n) is 8.67. The van der Waals surface area contributed by atoms with Crippen LogP contribution >= 0.6 is 11.6 Å². The van der Waals surface area contributed by atoms with Gasteiger partial charge in [-0.1, -0.05) is 35.9 Å². The lowest BCUT2D eigenvalue weighted by Gasteiger charge is -2.24. The molecule has 0 saturated heterocycles. The number of aromatic nitrogens is 4. The number of amides is 2. The van der Waals surface area contributed by atoms with Crippen molar-refractivity contribution in [2.75, 3.05) is 37.3 Å². The fourth-order valence-electron chi connectivity index (χ4n) is 6.23. The highest BCUT2D eigenvalue weighted by Gasteiger charge is 2.27. The molecule has 2 aliphatic rings. The van der Waals surface area contributed by atoms with Crippen LogP contribution in [0.5, 0.6) is 0 Å². The Balaban J connectivity index is 1.22. The number of aliphatic carboxylic acids is 1. The largest absolute Gasteiger partial charge is 0.480 e. The predicted octanol–water partition coefficient (Wildman–Crippen LogP) is 3.72. The van der Waals surface area contributed by atoms with E-state index in [1.165, 1.54) is 0 Å². The van der Waals surface area contributed by atoms with Gasteiger partial charge in [0.1, 0.15) is 0 Å². The number of rotatable bonds is 7. The fourth-order valence-corrected chi connectivity index (χ4v) is 6.50. The van der Waals surface area contributed by atoms with Gasteiger partial charge in [0.15, 0.2) is 11.6 Å². The van der Waals surface area contributed by atoms with E-state index in [4.69, 9.17) is 16.7 Å². The van der Waals surface area contributed by atoms with Gasteiger partial charge in [-0.3, -0.25) is 19.3 Å². The zero-order valence-corrected chi connectivity index (χ0v) is 26.4. The zero-order valence-electron chi connectivity index (χ0n) is 25.6. The van der Waals surface area contributed by atoms with E-state index in [9.17, 15) is 14.4 Å². The predicted molar refractivity (Wildman–Crippen MR) is 171 cm³/mol. The van der Waals surface area contributed by atoms with Crippen LogP contribution in [0.3, 0.4) is 0 Å². The number of anilines is 2. The molecule has 45 heavy (non-hydrogen) atoms. The SMILES string of the molecule is Cc1c(NC(=O)c2nc3c(n2C)CCN(CC(=O)O)C3)cccc1-c1cccc(NC(=O)c2nc3c(n2C)CCN(C)C3)c1Cl. The molecule has 3 N–H and O–H groups in total. The molecule has 2 aromatic heterocycles. The average Bonchev–Trinajstić information content (AvgIpc) is 3.50. The number of carbonyl (C=O) groups excluding carboxylic acids is 2. The van der Waals surface area contributed by atoms with Crippen molar-refractivity contribution in [1.29, 1.82) is 0 Å². The van der Waals surface area contributed by atoms with Gasteiger partial charge >= 0.3 is 5.97 Å². The molecular weight excluding hydrogens is 596 g/mol. The Hall–Kier alpha value is -4.52. The number of carboxylic acid groups (broad SMARTS) is 1. The number of nitrogens with one attached hydrogen (secondary N) is 2. The number of likely N-dealkylation sites (N-methyl/N-ethyl adjacent to an activating group) is 1. The lowest BCUT2D eigenvalue weighted by Crippen LogP contribution is -2.35. The second-order valence-electron chi connectivity index (χ2n) is 11.7. The normalized spacial score (nSPS) is 15.0. The maximum Gasteiger partial charge on any atom is 0.317 e. The first-order chi connectivity index (χ1) is 21.5. The molecule has 0 fully saturated rings. The monoisotopic (exact) mass is 630 g/mol. The van der Waals surface area contributed by atoms with Crippen LogP contribution < -0.4 is 10.6 Å². The number of carboxylic acids is 1. The van der Waals surface area contributed by atoms with Gasteiger partial charge in [-0.2, -0.15) is 0 Å². The van der Waals surface area contributed by atoms with Crippen molar-refractivity contribution in [1.82, 2.24) is 28.9 Å². The van der Waals surface area contributed by atoms with Crippen molar-refractivity contribution in [3.8, 4) is 11.1 Å². The van der Waals surface area contributed by atoms with Crippen molar-refractivity contribution in [2.45, 2.75) is 32.9 Å². The Kier molecular flexibility index (Phi) is 8.21. The van der Waals surface area contributed by atoms with Crippen LogP contribution in [0.2, 0.25) is 5.02 Å². The molecule has 0 aliphatic carbocycles. The van der Waals surface area contributed by atoms with Crippen molar-refractivity contribution in [3.63, 3.8) is 0 Å². The second kappa shape index (κ2) is 12.1. The van der Waals surface area contributed by atoms with Crippen LogP contribution in [0.1, 0.15) is 49.6 Å². The lowest BCUT2D eigenvalue weighted by molar-refractivity contribution is -0.138. The standard InChI is InChI=1S/C32H35ClN8O4/c1-18-19(7-5-9-21(18)36-31(44)29-35-24-16-41(17-27(42)43)14-12-26(24)40(29)4)20-8-6-10-22(28(20)33)37-32(45)30-34-23-15-38(2)13-11-25(23)39(30)3/h5-10H,11-17H2,1-4H3,(H,36,44)(H,37,45)(H,42,43). The highest BCUT2D eigenvalue weighted by atomic mass is 35.5. The number of imidazole rings is 2. The number of nitrogens with zero attached hydrogens (tertiary/aromatic N) is 6. The van der Waals surface area contributed by atoms with E-state index in [1.54, 1.807) is 22.6 Å². The Bertz CT molecular complexity index is 1840. The number of hydrogen-bond donors (Lipinski definition) is 3. The molecular formula is C32H35ClN8O4. The Morgan fingerprint density at radius 1 is 0.822 bits per heavy atom. The molecule has 4 heterocycles. The van der Waals surface area contributed by atoms with Gasteiger partial charge in [-0.05, 0) is 37.2 Å². The second-order valence-corrected chi connectivity index (χ2v) is 12.0. The molecule has 0 radical (unpaired) electrons. The molecule has 0 bridgehead atoms. The number of halogens is 1. The molecule has 4 aromatic rings. The van der Waals surface area contributed by atoms with Gasteiger partial charge < -0.3 is 29.8 Å². The van der Waals surface area contributed by atoms with E-state index >= 15 is 0 Å². The highest BCUT2D eigenvalue weighted by Crippen LogP contribution is 2.38. The van der Waals surface area contributed by atoms with Crippen LogP contribution in [0.25, 0.3) is 11.1 Å². The third kappa shape index (κ3) is 5.84. The van der Waals surface area contributed by atoms with E-state index < -0.39 is 5.97 Å². The average molecular weight is 631 g/mol. The summed E-state index contributed by atoms with van der Waals surface area (Å²) < 4.78 is 3.64. The summed E-state index contributed by atoms with van der Waals surface area (Å²) in [6, 6.07) is 11.0. The first-order valence-electron chi connectivity index (χ1n) is 14.7. The van der Waals surface area contributed by atoms with E-state index in [0.29, 0.717) is 59.5 Å². The lowest BCUT2D eigenvalue weighted by atomic mass is 9.98. The smallest absolute Gasteiger partial charge is 0.317 e. The molecule has 6 rings (SSSR count). The zero-order chi connectivity index (χ0) is 32.0. The Morgan fingerprint density at radius 2 is 1.38 bits per heavy atom. The quantitative estimate of drug-likeness (QED) is 0.281. The first kappa shape index (κ1) is 30.5. The van der Waals surface area contributed by atoms with E-state index in [1.807, 2.05) is 55.9 Å². The van der Waals surface area contributed by atoms with Gasteiger partial charge in [0.2, 0.25) is 0 Å². The number of hydrogen-bond acceptors (Lipinski definition) is 7. The number of benzene rings is 2. The molecule has 2 amide bonds. The van der Waals surface area contributed by atoms with E-state index in [0.717, 1.165) is 41.2 Å². The van der Waals surface area contributed by atoms with Crippen LogP contribution in [0.15, 0.2) is 36.4 Å². The molecule has 0 unspecified atom stereocenters. The van der Waals surface area contributed by atoms with Crippen molar-refractivity contribution in [2.24, 2.45) is 14.1 Å². The van der Waals surface area contributed by atoms with Gasteiger partial charge in [-0.15, -0.1) is 0 Å². The molecule has 2 aromatic carbocycles. The Labute approximate surface area is 265 Å². The summed E-state index contributed by atoms with van der Waals surface area (Å²) >= 11 is 6.89. The minimum absolute atomic E-state index is 0.0698. The van der Waals surface area contributed by atoms with Crippen LogP contribution in [-0.2, 0) is 44.8 Å². The third-order valence-corrected chi connectivity index (χ3v) is 9.07. The first-order valence-corrected chi connectivity index (χ1v) is 15.1. The summed E-state index contributed by atoms with van der Waals surface area (Å²) in [4.78, 5) is 51.1. The number of carbonyl (C=O) groups is 3. The highest BCUT2D eigenvalue weighted by molar-refractivity contribution is 6.36. The molecule has 13 heteroatoms. The molecule has 234 valence electrons. The van der Waals surface area contributed by atoms with Gasteiger partial charge in [0, 0.05) is 75.8 Å². The summed E-state index contributed by atoms with van der Waals surface area (Å²) in [5.41, 5.74) is 6.98. The molecule has 12 nitrogen and oxygen atoms in total. The van der Waals surface area contributed by atoms with E-state index in [2.05, 4.69) is 25.5 Å². The van der Waals surface area contributed by atoms with Crippen molar-refractivity contribution < 1.29 is 19.5 Å². The summed E-state index contributed by atoms with van der Waals surface area (Å²) in [6.45, 7) is 4.41. The molecule has 0 spiro atoms. The van der Waals surface area contributed by atoms with Crippen LogP contribution in [0.4, 0.5) is 11.4 Å². The van der Waals surface area contributed by atoms with Crippen LogP contribution in [-0.4, -0.2) is 78.5 Å². The maximum absolute atomic E-state index is 13.4. The molecule has 0 saturated carbocycles. The van der Waals surface area contributed by atoms with Crippen molar-refractivity contribution in [3.05, 3.63) is 81.4 Å². The molecule has 0 atom stereocenters. The minimum Gasteiger partial charge on any atom is -0.480 e. The molecule has 2 aliphatic heterocycles. The summed E-state index contributed by atoms with van der Waals surface area (Å²) in [5.74, 6) is -1.01. The topological polar surface area (TPSA) is 138 Å². The number of fused-ring (bicyclic) bond motifs is 2. The van der Waals surface area contributed by atoms with Gasteiger partial charge in [-0.25, -0.2) is 9.97 Å². The summed E-state index contributed by atoms with van der Waals surface area (Å²) in [6.07, 6.45) is 1.44. The minimum atomic E-state index is -0.893. The summed E-state index contributed by atoms with van der Waals surface area (Å²) in [5, 5.41) is 15.5.